The van der Waals surface area contributed by atoms with Crippen LogP contribution >= 0.6 is 11.3 Å². The number of nitrogens with one attached hydrogen (secondary N) is 4. The van der Waals surface area contributed by atoms with Gasteiger partial charge in [0, 0.05) is 88.6 Å². The number of ether oxygens (including phenoxy) is 3. The van der Waals surface area contributed by atoms with Crippen LogP contribution in [-0.2, 0) is 27.8 Å². The number of rotatable bonds is 17. The van der Waals surface area contributed by atoms with Gasteiger partial charge >= 0.3 is 0 Å². The zero-order valence-electron chi connectivity index (χ0n) is 34.1. The molecule has 2 aromatic heterocycles. The van der Waals surface area contributed by atoms with Crippen LogP contribution in [0.2, 0.25) is 0 Å². The second kappa shape index (κ2) is 18.7. The first kappa shape index (κ1) is 41.8. The lowest BCUT2D eigenvalue weighted by Crippen LogP contribution is -2.41. The quantitative estimate of drug-likeness (QED) is 0.0872. The third-order valence-corrected chi connectivity index (χ3v) is 11.6. The summed E-state index contributed by atoms with van der Waals surface area (Å²) in [5.74, 6) is -0.165. The van der Waals surface area contributed by atoms with Crippen LogP contribution in [0.4, 0.5) is 22.7 Å². The molecule has 4 N–H and O–H groups in total. The summed E-state index contributed by atoms with van der Waals surface area (Å²) in [4.78, 5) is 69.3. The fourth-order valence-corrected chi connectivity index (χ4v) is 8.53. The average molecular weight is 836 g/mol. The monoisotopic (exact) mass is 835 g/mol. The molecule has 0 unspecified atom stereocenters. The van der Waals surface area contributed by atoms with E-state index < -0.39 is 0 Å². The first-order valence-corrected chi connectivity index (χ1v) is 20.7. The van der Waals surface area contributed by atoms with Crippen molar-refractivity contribution < 1.29 is 38.2 Å². The second-order valence-corrected chi connectivity index (χ2v) is 15.9. The first-order valence-electron chi connectivity index (χ1n) is 19.9. The molecule has 15 nitrogen and oxygen atoms in total. The number of hydrogen-bond acceptors (Lipinski definition) is 10. The number of anilines is 4. The van der Waals surface area contributed by atoms with Crippen molar-refractivity contribution in [1.82, 2.24) is 15.2 Å². The Morgan fingerprint density at radius 1 is 0.800 bits per heavy atom. The smallest absolute Gasteiger partial charge is 0.272 e. The Balaban J connectivity index is 0.887. The van der Waals surface area contributed by atoms with Crippen LogP contribution in [0, 0.1) is 0 Å². The number of carbonyl (C=O) groups excluding carboxylic acids is 5. The Labute approximate surface area is 351 Å². The topological polar surface area (TPSA) is 173 Å². The number of likely N-dealkylation sites (N-methyl/N-ethyl adjacent to an activating group) is 1. The van der Waals surface area contributed by atoms with E-state index in [2.05, 4.69) is 32.2 Å². The standard InChI is InChI=1S/C44H49N7O8S/c1-49-25-30(22-35(49)42(54)48-29-12-13-38-28(19-29)21-39(60-38)43(55)46-16-14-40(52)45-15-8-17-57-3)47-41(53)11-7-18-59-37-24-34-32(23-36(37)58-4)44(56)51-31(26-50(34)2)20-27-9-5-6-10-33(27)51/h5-6,9-10,12-13,19,21-25,31H,7-8,11,14-18,20,26H2,1-4H3,(H,45,52)(H,46,55)(H,47,53)(H,48,54)/t31-/m0/s1. The number of aryl methyl sites for hydroxylation is 1. The van der Waals surface area contributed by atoms with Crippen molar-refractivity contribution in [3.8, 4) is 11.5 Å². The zero-order valence-corrected chi connectivity index (χ0v) is 34.9. The Morgan fingerprint density at radius 2 is 1.63 bits per heavy atom. The summed E-state index contributed by atoms with van der Waals surface area (Å²) >= 11 is 1.32. The molecule has 314 valence electrons. The highest BCUT2D eigenvalue weighted by Gasteiger charge is 2.39. The third-order valence-electron chi connectivity index (χ3n) is 10.5. The number of methoxy groups -OCH3 is 2. The normalized spacial score (nSPS) is 14.2. The molecule has 7 rings (SSSR count). The molecular formula is C44H49N7O8S. The van der Waals surface area contributed by atoms with Crippen molar-refractivity contribution in [3.05, 3.63) is 94.6 Å². The minimum absolute atomic E-state index is 0.0193. The van der Waals surface area contributed by atoms with E-state index in [1.54, 1.807) is 55.3 Å². The molecule has 4 heterocycles. The lowest BCUT2D eigenvalue weighted by atomic mass is 10.1. The van der Waals surface area contributed by atoms with Crippen molar-refractivity contribution in [2.45, 2.75) is 38.1 Å². The van der Waals surface area contributed by atoms with Crippen molar-refractivity contribution in [2.24, 2.45) is 7.05 Å². The molecular weight excluding hydrogens is 787 g/mol. The maximum absolute atomic E-state index is 13.9. The molecule has 0 aliphatic carbocycles. The molecule has 2 aliphatic rings. The third kappa shape index (κ3) is 9.40. The molecule has 0 bridgehead atoms. The number of amides is 5. The molecule has 60 heavy (non-hydrogen) atoms. The van der Waals surface area contributed by atoms with Crippen LogP contribution in [0.3, 0.4) is 0 Å². The minimum Gasteiger partial charge on any atom is -0.493 e. The molecule has 5 aromatic rings. The molecule has 0 radical (unpaired) electrons. The van der Waals surface area contributed by atoms with E-state index >= 15 is 0 Å². The molecule has 3 aromatic carbocycles. The number of fused-ring (bicyclic) bond motifs is 5. The molecule has 5 amide bonds. The molecule has 1 atom stereocenters. The number of carbonyl (C=O) groups is 5. The van der Waals surface area contributed by atoms with Crippen molar-refractivity contribution in [1.29, 1.82) is 0 Å². The predicted octanol–water partition coefficient (Wildman–Crippen LogP) is 5.59. The van der Waals surface area contributed by atoms with Crippen LogP contribution < -0.4 is 40.5 Å². The first-order chi connectivity index (χ1) is 29.0. The van der Waals surface area contributed by atoms with E-state index in [0.29, 0.717) is 65.1 Å². The highest BCUT2D eigenvalue weighted by molar-refractivity contribution is 7.20. The van der Waals surface area contributed by atoms with E-state index in [1.807, 2.05) is 42.3 Å². The number of hydrogen-bond donors (Lipinski definition) is 4. The van der Waals surface area contributed by atoms with Gasteiger partial charge in [-0.1, -0.05) is 18.2 Å². The molecule has 0 saturated carbocycles. The summed E-state index contributed by atoms with van der Waals surface area (Å²) < 4.78 is 19.2. The van der Waals surface area contributed by atoms with Crippen LogP contribution in [0.25, 0.3) is 10.1 Å². The Bertz CT molecular complexity index is 2430. The van der Waals surface area contributed by atoms with Crippen LogP contribution in [0.15, 0.2) is 72.9 Å². The van der Waals surface area contributed by atoms with Gasteiger partial charge in [-0.3, -0.25) is 24.0 Å². The number of nitrogens with zero attached hydrogens (tertiary/aromatic N) is 3. The van der Waals surface area contributed by atoms with Gasteiger partial charge in [0.25, 0.3) is 17.7 Å². The molecule has 0 fully saturated rings. The van der Waals surface area contributed by atoms with E-state index in [-0.39, 0.29) is 61.6 Å². The summed E-state index contributed by atoms with van der Waals surface area (Å²) in [6, 6.07) is 20.4. The van der Waals surface area contributed by atoms with E-state index in [4.69, 9.17) is 14.2 Å². The van der Waals surface area contributed by atoms with Gasteiger partial charge in [-0.05, 0) is 72.7 Å². The summed E-state index contributed by atoms with van der Waals surface area (Å²) in [7, 11) is 6.84. The number of para-hydroxylation sites is 1. The summed E-state index contributed by atoms with van der Waals surface area (Å²) in [6.45, 7) is 2.20. The molecule has 2 aliphatic heterocycles. The van der Waals surface area contributed by atoms with Crippen molar-refractivity contribution in [2.75, 3.05) is 74.5 Å². The highest BCUT2D eigenvalue weighted by atomic mass is 32.1. The van der Waals surface area contributed by atoms with Crippen LogP contribution in [0.1, 0.15) is 61.8 Å². The number of aromatic nitrogens is 1. The van der Waals surface area contributed by atoms with E-state index in [1.165, 1.54) is 18.4 Å². The predicted molar refractivity (Wildman–Crippen MR) is 232 cm³/mol. The lowest BCUT2D eigenvalue weighted by Gasteiger charge is -2.25. The Morgan fingerprint density at radius 3 is 2.45 bits per heavy atom. The zero-order chi connectivity index (χ0) is 42.3. The SMILES string of the molecule is COCCCNC(=O)CCNC(=O)c1cc2cc(NC(=O)c3cc(NC(=O)CCCOc4cc5c(cc4OC)C(=O)N4c6ccccc6C[C@H]4CN5C)cn3C)ccc2s1. The fraction of sp³-hybridized carbons (Fsp3) is 0.341. The number of thiophene rings is 1. The van der Waals surface area contributed by atoms with Crippen molar-refractivity contribution >= 4 is 73.7 Å². The van der Waals surface area contributed by atoms with E-state index in [9.17, 15) is 24.0 Å². The van der Waals surface area contributed by atoms with Gasteiger partial charge in [-0.2, -0.15) is 0 Å². The average Bonchev–Trinajstić information content (AvgIpc) is 3.93. The maximum Gasteiger partial charge on any atom is 0.272 e. The van der Waals surface area contributed by atoms with Gasteiger partial charge in [-0.15, -0.1) is 11.3 Å². The highest BCUT2D eigenvalue weighted by Crippen LogP contribution is 2.42. The second-order valence-electron chi connectivity index (χ2n) is 14.8. The van der Waals surface area contributed by atoms with E-state index in [0.717, 1.165) is 39.9 Å². The van der Waals surface area contributed by atoms with Gasteiger partial charge in [0.2, 0.25) is 11.8 Å². The minimum atomic E-state index is -0.369. The van der Waals surface area contributed by atoms with Crippen LogP contribution in [0.5, 0.6) is 11.5 Å². The number of benzene rings is 3. The van der Waals surface area contributed by atoms with Gasteiger partial charge in [-0.25, -0.2) is 0 Å². The summed E-state index contributed by atoms with van der Waals surface area (Å²) in [5.41, 5.74) is 4.77. The molecule has 0 saturated heterocycles. The fourth-order valence-electron chi connectivity index (χ4n) is 7.57. The van der Waals surface area contributed by atoms with Crippen LogP contribution in [-0.4, -0.2) is 94.3 Å². The summed E-state index contributed by atoms with van der Waals surface area (Å²) in [6.07, 6.45) is 3.94. The molecule has 0 spiro atoms. The molecule has 16 heteroatoms. The van der Waals surface area contributed by atoms with Crippen molar-refractivity contribution in [3.63, 3.8) is 0 Å². The Hall–Kier alpha value is -6.39. The van der Waals surface area contributed by atoms with Gasteiger partial charge < -0.3 is 49.8 Å². The lowest BCUT2D eigenvalue weighted by molar-refractivity contribution is -0.121. The van der Waals surface area contributed by atoms with Gasteiger partial charge in [0.05, 0.1) is 41.6 Å². The summed E-state index contributed by atoms with van der Waals surface area (Å²) in [5, 5.41) is 12.1. The maximum atomic E-state index is 13.9. The largest absolute Gasteiger partial charge is 0.493 e. The van der Waals surface area contributed by atoms with Gasteiger partial charge in [0.15, 0.2) is 11.5 Å². The Kier molecular flexibility index (Phi) is 13.0. The van der Waals surface area contributed by atoms with Gasteiger partial charge in [0.1, 0.15) is 5.69 Å².